The molecule has 1 unspecified atom stereocenters. The van der Waals surface area contributed by atoms with Crippen LogP contribution in [0.1, 0.15) is 46.5 Å². The molecule has 0 fully saturated rings. The zero-order valence-corrected chi connectivity index (χ0v) is 9.44. The normalized spacial score (nSPS) is 13.2. The van der Waals surface area contributed by atoms with Crippen LogP contribution in [-0.2, 0) is 4.74 Å². The maximum atomic E-state index is 5.53. The first kappa shape index (κ1) is 12.9. The summed E-state index contributed by atoms with van der Waals surface area (Å²) in [5, 5.41) is 3.45. The molecule has 0 aliphatic carbocycles. The third-order valence-corrected chi connectivity index (χ3v) is 2.07. The highest BCUT2D eigenvalue weighted by Gasteiger charge is 2.05. The lowest BCUT2D eigenvalue weighted by Gasteiger charge is -2.17. The van der Waals surface area contributed by atoms with Gasteiger partial charge in [0.2, 0.25) is 0 Å². The number of unbranched alkanes of at least 4 members (excludes halogenated alkanes) is 1. The van der Waals surface area contributed by atoms with Gasteiger partial charge in [-0.2, -0.15) is 0 Å². The molecule has 0 bridgehead atoms. The third-order valence-electron chi connectivity index (χ3n) is 2.07. The first-order valence-electron chi connectivity index (χ1n) is 5.66. The molecule has 0 spiro atoms. The van der Waals surface area contributed by atoms with Crippen LogP contribution in [0.2, 0.25) is 0 Å². The second-order valence-corrected chi connectivity index (χ2v) is 3.47. The largest absolute Gasteiger partial charge is 0.380 e. The Kier molecular flexibility index (Phi) is 9.94. The fourth-order valence-corrected chi connectivity index (χ4v) is 1.35. The molecule has 2 heteroatoms. The average molecular weight is 187 g/mol. The van der Waals surface area contributed by atoms with Crippen molar-refractivity contribution in [2.75, 3.05) is 19.8 Å². The summed E-state index contributed by atoms with van der Waals surface area (Å²) in [5.74, 6) is 0. The molecular weight excluding hydrogens is 162 g/mol. The predicted molar refractivity (Wildman–Crippen MR) is 58.1 cm³/mol. The number of hydrogen-bond donors (Lipinski definition) is 1. The van der Waals surface area contributed by atoms with E-state index in [4.69, 9.17) is 4.74 Å². The summed E-state index contributed by atoms with van der Waals surface area (Å²) in [6.45, 7) is 9.35. The summed E-state index contributed by atoms with van der Waals surface area (Å²) in [7, 11) is 0. The van der Waals surface area contributed by atoms with Gasteiger partial charge in [0.1, 0.15) is 0 Å². The molecule has 0 radical (unpaired) electrons. The van der Waals surface area contributed by atoms with Gasteiger partial charge < -0.3 is 10.1 Å². The predicted octanol–water partition coefficient (Wildman–Crippen LogP) is 2.58. The summed E-state index contributed by atoms with van der Waals surface area (Å²) in [6.07, 6.45) is 4.93. The van der Waals surface area contributed by atoms with E-state index in [2.05, 4.69) is 26.1 Å². The van der Waals surface area contributed by atoms with Gasteiger partial charge in [-0.1, -0.05) is 33.6 Å². The SMILES string of the molecule is CCCCC(COCCC)NCC. The summed E-state index contributed by atoms with van der Waals surface area (Å²) in [5.41, 5.74) is 0. The molecule has 0 aromatic rings. The van der Waals surface area contributed by atoms with E-state index in [1.54, 1.807) is 0 Å². The van der Waals surface area contributed by atoms with Gasteiger partial charge in [0.25, 0.3) is 0 Å². The van der Waals surface area contributed by atoms with Crippen molar-refractivity contribution in [3.8, 4) is 0 Å². The number of rotatable bonds is 9. The molecule has 0 heterocycles. The zero-order valence-electron chi connectivity index (χ0n) is 9.44. The minimum absolute atomic E-state index is 0.566. The molecule has 13 heavy (non-hydrogen) atoms. The van der Waals surface area contributed by atoms with Crippen molar-refractivity contribution in [3.63, 3.8) is 0 Å². The fourth-order valence-electron chi connectivity index (χ4n) is 1.35. The van der Waals surface area contributed by atoms with Crippen molar-refractivity contribution < 1.29 is 4.74 Å². The molecule has 2 nitrogen and oxygen atoms in total. The molecule has 0 saturated heterocycles. The van der Waals surface area contributed by atoms with E-state index in [0.29, 0.717) is 6.04 Å². The van der Waals surface area contributed by atoms with Crippen LogP contribution >= 0.6 is 0 Å². The van der Waals surface area contributed by atoms with Gasteiger partial charge in [0.05, 0.1) is 6.61 Å². The van der Waals surface area contributed by atoms with Crippen LogP contribution in [-0.4, -0.2) is 25.8 Å². The van der Waals surface area contributed by atoms with Crippen LogP contribution in [0, 0.1) is 0 Å². The number of nitrogens with one attached hydrogen (secondary N) is 1. The van der Waals surface area contributed by atoms with Crippen LogP contribution < -0.4 is 5.32 Å². The molecule has 0 aliphatic heterocycles. The Hall–Kier alpha value is -0.0800. The monoisotopic (exact) mass is 187 g/mol. The summed E-state index contributed by atoms with van der Waals surface area (Å²) in [6, 6.07) is 0.566. The molecule has 0 aromatic carbocycles. The van der Waals surface area contributed by atoms with E-state index in [0.717, 1.165) is 26.2 Å². The smallest absolute Gasteiger partial charge is 0.0619 e. The molecule has 0 amide bonds. The Balaban J connectivity index is 3.41. The summed E-state index contributed by atoms with van der Waals surface area (Å²) < 4.78 is 5.53. The van der Waals surface area contributed by atoms with Gasteiger partial charge in [-0.05, 0) is 19.4 Å². The second kappa shape index (κ2) is 10.0. The highest BCUT2D eigenvalue weighted by Crippen LogP contribution is 2.01. The molecular formula is C11H25NO. The molecule has 1 N–H and O–H groups in total. The quantitative estimate of drug-likeness (QED) is 0.560. The lowest BCUT2D eigenvalue weighted by Crippen LogP contribution is -2.33. The fraction of sp³-hybridized carbons (Fsp3) is 1.00. The van der Waals surface area contributed by atoms with Gasteiger partial charge in [0, 0.05) is 12.6 Å². The maximum absolute atomic E-state index is 5.53. The Morgan fingerprint density at radius 2 is 1.92 bits per heavy atom. The number of ether oxygens (including phenoxy) is 1. The molecule has 0 rings (SSSR count). The van der Waals surface area contributed by atoms with Crippen molar-refractivity contribution in [1.29, 1.82) is 0 Å². The van der Waals surface area contributed by atoms with E-state index in [1.165, 1.54) is 19.3 Å². The summed E-state index contributed by atoms with van der Waals surface area (Å²) in [4.78, 5) is 0. The highest BCUT2D eigenvalue weighted by atomic mass is 16.5. The zero-order chi connectivity index (χ0) is 9.94. The first-order valence-corrected chi connectivity index (χ1v) is 5.66. The topological polar surface area (TPSA) is 21.3 Å². The Labute approximate surface area is 83.1 Å². The average Bonchev–Trinajstić information content (AvgIpc) is 2.14. The van der Waals surface area contributed by atoms with E-state index in [9.17, 15) is 0 Å². The van der Waals surface area contributed by atoms with Crippen LogP contribution in [0.15, 0.2) is 0 Å². The molecule has 0 saturated carbocycles. The van der Waals surface area contributed by atoms with Crippen LogP contribution in [0.5, 0.6) is 0 Å². The van der Waals surface area contributed by atoms with Crippen molar-refractivity contribution in [1.82, 2.24) is 5.32 Å². The van der Waals surface area contributed by atoms with Gasteiger partial charge in [-0.25, -0.2) is 0 Å². The third kappa shape index (κ3) is 8.26. The van der Waals surface area contributed by atoms with Crippen LogP contribution in [0.4, 0.5) is 0 Å². The number of likely N-dealkylation sites (N-methyl/N-ethyl adjacent to an activating group) is 1. The first-order chi connectivity index (χ1) is 6.35. The van der Waals surface area contributed by atoms with Gasteiger partial charge in [0.15, 0.2) is 0 Å². The van der Waals surface area contributed by atoms with E-state index in [1.807, 2.05) is 0 Å². The Morgan fingerprint density at radius 3 is 2.46 bits per heavy atom. The Morgan fingerprint density at radius 1 is 1.15 bits per heavy atom. The molecule has 1 atom stereocenters. The Bertz CT molecular complexity index is 96.1. The lowest BCUT2D eigenvalue weighted by atomic mass is 10.1. The van der Waals surface area contributed by atoms with E-state index >= 15 is 0 Å². The van der Waals surface area contributed by atoms with Crippen LogP contribution in [0.25, 0.3) is 0 Å². The van der Waals surface area contributed by atoms with Gasteiger partial charge in [-0.3, -0.25) is 0 Å². The minimum atomic E-state index is 0.566. The molecule has 0 aromatic heterocycles. The van der Waals surface area contributed by atoms with Crippen LogP contribution in [0.3, 0.4) is 0 Å². The maximum Gasteiger partial charge on any atom is 0.0619 e. The van der Waals surface area contributed by atoms with Crippen molar-refractivity contribution >= 4 is 0 Å². The molecule has 80 valence electrons. The van der Waals surface area contributed by atoms with E-state index in [-0.39, 0.29) is 0 Å². The van der Waals surface area contributed by atoms with Gasteiger partial charge >= 0.3 is 0 Å². The molecule has 0 aliphatic rings. The summed E-state index contributed by atoms with van der Waals surface area (Å²) >= 11 is 0. The van der Waals surface area contributed by atoms with Crippen molar-refractivity contribution in [2.24, 2.45) is 0 Å². The highest BCUT2D eigenvalue weighted by molar-refractivity contribution is 4.64. The van der Waals surface area contributed by atoms with E-state index < -0.39 is 0 Å². The van der Waals surface area contributed by atoms with Gasteiger partial charge in [-0.15, -0.1) is 0 Å². The lowest BCUT2D eigenvalue weighted by molar-refractivity contribution is 0.109. The number of hydrogen-bond acceptors (Lipinski definition) is 2. The minimum Gasteiger partial charge on any atom is -0.380 e. The second-order valence-electron chi connectivity index (χ2n) is 3.47. The van der Waals surface area contributed by atoms with Crippen molar-refractivity contribution in [3.05, 3.63) is 0 Å². The standard InChI is InChI=1S/C11H25NO/c1-4-7-8-11(12-6-3)10-13-9-5-2/h11-12H,4-10H2,1-3H3. The van der Waals surface area contributed by atoms with Crippen molar-refractivity contribution in [2.45, 2.75) is 52.5 Å².